The first kappa shape index (κ1) is 16.7. The van der Waals surface area contributed by atoms with Gasteiger partial charge in [-0.2, -0.15) is 4.98 Å². The summed E-state index contributed by atoms with van der Waals surface area (Å²) in [6.07, 6.45) is 7.27. The Labute approximate surface area is 151 Å². The van der Waals surface area contributed by atoms with E-state index in [1.165, 1.54) is 0 Å². The summed E-state index contributed by atoms with van der Waals surface area (Å²) in [4.78, 5) is 25.1. The van der Waals surface area contributed by atoms with Crippen molar-refractivity contribution in [3.05, 3.63) is 42.5 Å². The number of carbonyl (C=O) groups excluding carboxylic acids is 1. The molecular formula is C19H21N5O2. The number of ketones is 1. The number of aromatic nitrogens is 4. The Bertz CT molecular complexity index is 917. The van der Waals surface area contributed by atoms with Gasteiger partial charge >= 0.3 is 0 Å². The molecule has 7 nitrogen and oxygen atoms in total. The van der Waals surface area contributed by atoms with Crippen molar-refractivity contribution >= 4 is 22.5 Å². The van der Waals surface area contributed by atoms with Gasteiger partial charge in [0.2, 0.25) is 5.95 Å². The average Bonchev–Trinajstić information content (AvgIpc) is 3.21. The van der Waals surface area contributed by atoms with Crippen LogP contribution in [0.5, 0.6) is 0 Å². The van der Waals surface area contributed by atoms with Crippen molar-refractivity contribution in [3.8, 4) is 5.95 Å². The molecule has 1 fully saturated rings. The maximum absolute atomic E-state index is 11.8. The molecule has 1 N–H and O–H groups in total. The van der Waals surface area contributed by atoms with Crippen molar-refractivity contribution in [1.29, 1.82) is 0 Å². The molecule has 3 aromatic rings. The van der Waals surface area contributed by atoms with Crippen LogP contribution in [-0.2, 0) is 4.74 Å². The second kappa shape index (κ2) is 7.21. The van der Waals surface area contributed by atoms with Gasteiger partial charge in [0, 0.05) is 43.1 Å². The lowest BCUT2D eigenvalue weighted by atomic mass is 10.0. The number of hydrogen-bond acceptors (Lipinski definition) is 6. The highest BCUT2D eigenvalue weighted by Gasteiger charge is 2.16. The number of nitrogens with zero attached hydrogens (tertiary/aromatic N) is 4. The Morgan fingerprint density at radius 3 is 2.88 bits per heavy atom. The molecule has 0 saturated carbocycles. The van der Waals surface area contributed by atoms with E-state index in [1.54, 1.807) is 30.1 Å². The number of anilines is 1. The largest absolute Gasteiger partial charge is 0.381 e. The Kier molecular flexibility index (Phi) is 4.62. The van der Waals surface area contributed by atoms with Crippen molar-refractivity contribution < 1.29 is 9.53 Å². The third kappa shape index (κ3) is 3.43. The van der Waals surface area contributed by atoms with Gasteiger partial charge in [0.1, 0.15) is 12.1 Å². The first-order valence-electron chi connectivity index (χ1n) is 8.83. The van der Waals surface area contributed by atoms with Crippen molar-refractivity contribution in [2.75, 3.05) is 25.1 Å². The van der Waals surface area contributed by atoms with E-state index in [1.807, 2.05) is 18.3 Å². The van der Waals surface area contributed by atoms with E-state index >= 15 is 0 Å². The van der Waals surface area contributed by atoms with Gasteiger partial charge in [-0.05, 0) is 43.9 Å². The minimum Gasteiger partial charge on any atom is -0.381 e. The van der Waals surface area contributed by atoms with Crippen molar-refractivity contribution in [3.63, 3.8) is 0 Å². The molecule has 1 saturated heterocycles. The van der Waals surface area contributed by atoms with E-state index in [2.05, 4.69) is 20.3 Å². The lowest BCUT2D eigenvalue weighted by molar-refractivity contribution is 0.0699. The Morgan fingerprint density at radius 2 is 2.15 bits per heavy atom. The molecule has 0 radical (unpaired) electrons. The van der Waals surface area contributed by atoms with Crippen LogP contribution in [0.2, 0.25) is 0 Å². The van der Waals surface area contributed by atoms with Gasteiger partial charge in [-0.15, -0.1) is 0 Å². The van der Waals surface area contributed by atoms with Crippen molar-refractivity contribution in [1.82, 2.24) is 19.5 Å². The number of hydrogen-bond donors (Lipinski definition) is 1. The second-order valence-electron chi connectivity index (χ2n) is 6.57. The number of rotatable bonds is 5. The van der Waals surface area contributed by atoms with E-state index in [0.717, 1.165) is 49.3 Å². The van der Waals surface area contributed by atoms with Crippen molar-refractivity contribution in [2.45, 2.75) is 19.8 Å². The molecule has 1 aliphatic heterocycles. The highest BCUT2D eigenvalue weighted by atomic mass is 16.5. The molecule has 0 amide bonds. The van der Waals surface area contributed by atoms with Crippen LogP contribution in [0, 0.1) is 5.92 Å². The monoisotopic (exact) mass is 351 g/mol. The van der Waals surface area contributed by atoms with Gasteiger partial charge in [-0.1, -0.05) is 0 Å². The van der Waals surface area contributed by atoms with E-state index in [9.17, 15) is 4.79 Å². The highest BCUT2D eigenvalue weighted by Crippen LogP contribution is 2.25. The van der Waals surface area contributed by atoms with E-state index in [4.69, 9.17) is 4.74 Å². The molecule has 0 bridgehead atoms. The average molecular weight is 351 g/mol. The van der Waals surface area contributed by atoms with Crippen LogP contribution in [0.4, 0.5) is 5.82 Å². The first-order valence-corrected chi connectivity index (χ1v) is 8.83. The molecule has 134 valence electrons. The fourth-order valence-electron chi connectivity index (χ4n) is 3.15. The first-order chi connectivity index (χ1) is 12.7. The zero-order valence-electron chi connectivity index (χ0n) is 14.7. The van der Waals surface area contributed by atoms with E-state index < -0.39 is 0 Å². The Balaban J connectivity index is 1.72. The summed E-state index contributed by atoms with van der Waals surface area (Å²) in [7, 11) is 0. The summed E-state index contributed by atoms with van der Waals surface area (Å²) in [6.45, 7) is 4.01. The number of nitrogens with one attached hydrogen (secondary N) is 1. The van der Waals surface area contributed by atoms with E-state index in [0.29, 0.717) is 17.4 Å². The molecule has 1 aromatic carbocycles. The van der Waals surface area contributed by atoms with Crippen molar-refractivity contribution in [2.24, 2.45) is 5.92 Å². The maximum atomic E-state index is 11.8. The molecule has 3 heterocycles. The molecule has 4 rings (SSSR count). The molecule has 26 heavy (non-hydrogen) atoms. The van der Waals surface area contributed by atoms with Gasteiger partial charge in [0.25, 0.3) is 0 Å². The second-order valence-corrected chi connectivity index (χ2v) is 6.57. The van der Waals surface area contributed by atoms with Crippen LogP contribution < -0.4 is 5.32 Å². The van der Waals surface area contributed by atoms with Gasteiger partial charge in [-0.3, -0.25) is 9.36 Å². The molecule has 0 spiro atoms. The van der Waals surface area contributed by atoms with Gasteiger partial charge in [0.05, 0.1) is 5.52 Å². The molecule has 1 aliphatic rings. The topological polar surface area (TPSA) is 81.9 Å². The maximum Gasteiger partial charge on any atom is 0.237 e. The Morgan fingerprint density at radius 1 is 1.31 bits per heavy atom. The minimum absolute atomic E-state index is 0.0287. The number of fused-ring (bicyclic) bond motifs is 1. The zero-order valence-corrected chi connectivity index (χ0v) is 14.7. The molecule has 7 heteroatoms. The number of ether oxygens (including phenoxy) is 1. The summed E-state index contributed by atoms with van der Waals surface area (Å²) in [5.74, 6) is 1.88. The zero-order chi connectivity index (χ0) is 17.9. The molecule has 0 unspecified atom stereocenters. The van der Waals surface area contributed by atoms with Gasteiger partial charge in [0.15, 0.2) is 5.78 Å². The third-order valence-corrected chi connectivity index (χ3v) is 4.72. The lowest BCUT2D eigenvalue weighted by Gasteiger charge is -2.23. The van der Waals surface area contributed by atoms with Crippen LogP contribution in [0.1, 0.15) is 30.1 Å². The fraction of sp³-hybridized carbons (Fsp3) is 0.368. The third-order valence-electron chi connectivity index (χ3n) is 4.72. The van der Waals surface area contributed by atoms with Crippen LogP contribution in [0.3, 0.4) is 0 Å². The van der Waals surface area contributed by atoms with Crippen LogP contribution in [-0.4, -0.2) is 45.1 Å². The summed E-state index contributed by atoms with van der Waals surface area (Å²) >= 11 is 0. The summed E-state index contributed by atoms with van der Waals surface area (Å²) in [6, 6.07) is 5.53. The van der Waals surface area contributed by atoms with Gasteiger partial charge < -0.3 is 10.1 Å². The quantitative estimate of drug-likeness (QED) is 0.712. The molecule has 2 aromatic heterocycles. The fourth-order valence-corrected chi connectivity index (χ4v) is 3.15. The number of carbonyl (C=O) groups is 1. The molecule has 0 aliphatic carbocycles. The smallest absolute Gasteiger partial charge is 0.237 e. The highest BCUT2D eigenvalue weighted by molar-refractivity contribution is 6.00. The molecule has 0 atom stereocenters. The summed E-state index contributed by atoms with van der Waals surface area (Å²) in [5, 5.41) is 4.33. The molecular weight excluding hydrogens is 330 g/mol. The minimum atomic E-state index is 0.0287. The van der Waals surface area contributed by atoms with E-state index in [-0.39, 0.29) is 5.78 Å². The lowest BCUT2D eigenvalue weighted by Crippen LogP contribution is -2.23. The predicted molar refractivity (Wildman–Crippen MR) is 98.7 cm³/mol. The number of imidazole rings is 1. The summed E-state index contributed by atoms with van der Waals surface area (Å²) < 4.78 is 7.21. The van der Waals surface area contributed by atoms with Gasteiger partial charge in [-0.25, -0.2) is 9.97 Å². The predicted octanol–water partition coefficient (Wildman–Crippen LogP) is 2.86. The van der Waals surface area contributed by atoms with Crippen LogP contribution in [0.15, 0.2) is 36.9 Å². The number of Topliss-reactive ketones (excluding diaryl/α,β-unsaturated/α-hetero) is 1. The standard InChI is InChI=1S/C19H21N5O2/c1-13(25)15-2-3-17-16(10-15)18(21-11-14-4-8-26-9-5-14)23-19(22-17)24-7-6-20-12-24/h2-3,6-7,10,12,14H,4-5,8-9,11H2,1H3,(H,21,22,23). The summed E-state index contributed by atoms with van der Waals surface area (Å²) in [5.41, 5.74) is 1.45. The van der Waals surface area contributed by atoms with Crippen LogP contribution >= 0.6 is 0 Å². The van der Waals surface area contributed by atoms with Crippen LogP contribution in [0.25, 0.3) is 16.9 Å². The normalized spacial score (nSPS) is 15.3. The number of benzene rings is 1. The SMILES string of the molecule is CC(=O)c1ccc2nc(-n3ccnc3)nc(NCC3CCOCC3)c2c1. The Hall–Kier alpha value is -2.80.